The fourth-order valence-electron chi connectivity index (χ4n) is 4.03. The van der Waals surface area contributed by atoms with Crippen LogP contribution in [0.2, 0.25) is 5.02 Å². The van der Waals surface area contributed by atoms with Crippen LogP contribution in [0.15, 0.2) is 54.2 Å². The molecule has 30 heavy (non-hydrogen) atoms. The van der Waals surface area contributed by atoms with Crippen LogP contribution in [0.1, 0.15) is 25.0 Å². The molecule has 0 aliphatic carbocycles. The van der Waals surface area contributed by atoms with Gasteiger partial charge in [0.2, 0.25) is 0 Å². The second-order valence-corrected chi connectivity index (χ2v) is 8.09. The van der Waals surface area contributed by atoms with E-state index in [0.29, 0.717) is 34.9 Å². The van der Waals surface area contributed by atoms with E-state index < -0.39 is 11.7 Å². The highest BCUT2D eigenvalue weighted by atomic mass is 35.5. The number of imide groups is 1. The molecule has 2 atom stereocenters. The van der Waals surface area contributed by atoms with Gasteiger partial charge in [0.05, 0.1) is 24.3 Å². The molecular weight excluding hydrogens is 407 g/mol. The van der Waals surface area contributed by atoms with E-state index in [-0.39, 0.29) is 30.2 Å². The zero-order valence-corrected chi connectivity index (χ0v) is 17.5. The summed E-state index contributed by atoms with van der Waals surface area (Å²) >= 11 is 6.26. The molecule has 0 radical (unpaired) electrons. The average molecular weight is 429 g/mol. The van der Waals surface area contributed by atoms with Gasteiger partial charge in [-0.05, 0) is 43.2 Å². The Hall–Kier alpha value is -2.70. The first-order chi connectivity index (χ1) is 14.3. The van der Waals surface area contributed by atoms with Crippen LogP contribution in [0.5, 0.6) is 0 Å². The highest BCUT2D eigenvalue weighted by molar-refractivity contribution is 6.35. The van der Waals surface area contributed by atoms with E-state index in [1.54, 1.807) is 18.2 Å². The predicted molar refractivity (Wildman–Crippen MR) is 112 cm³/mol. The number of carbonyl (C=O) groups excluding carboxylic acids is 2. The van der Waals surface area contributed by atoms with Crippen LogP contribution in [0, 0.1) is 5.82 Å². The van der Waals surface area contributed by atoms with E-state index in [2.05, 4.69) is 0 Å². The smallest absolute Gasteiger partial charge is 0.278 e. The number of morpholine rings is 1. The van der Waals surface area contributed by atoms with Crippen molar-refractivity contribution in [3.63, 3.8) is 0 Å². The second kappa shape index (κ2) is 8.20. The molecule has 2 aliphatic heterocycles. The van der Waals surface area contributed by atoms with Crippen molar-refractivity contribution in [3.05, 3.63) is 76.2 Å². The van der Waals surface area contributed by atoms with E-state index in [9.17, 15) is 14.0 Å². The number of rotatable bonds is 4. The van der Waals surface area contributed by atoms with Gasteiger partial charge in [-0.15, -0.1) is 0 Å². The molecule has 2 unspecified atom stereocenters. The van der Waals surface area contributed by atoms with Crippen LogP contribution >= 0.6 is 11.6 Å². The maximum Gasteiger partial charge on any atom is 0.278 e. The van der Waals surface area contributed by atoms with Gasteiger partial charge in [0.25, 0.3) is 11.8 Å². The molecule has 4 rings (SSSR count). The first-order valence-corrected chi connectivity index (χ1v) is 10.2. The number of hydrogen-bond donors (Lipinski definition) is 0. The summed E-state index contributed by atoms with van der Waals surface area (Å²) in [5, 5.41) is 0.489. The van der Waals surface area contributed by atoms with Gasteiger partial charge >= 0.3 is 0 Å². The largest absolute Gasteiger partial charge is 0.372 e. The third-order valence-corrected chi connectivity index (χ3v) is 5.67. The summed E-state index contributed by atoms with van der Waals surface area (Å²) in [7, 11) is 0. The van der Waals surface area contributed by atoms with Gasteiger partial charge in [0.1, 0.15) is 11.5 Å². The van der Waals surface area contributed by atoms with Crippen LogP contribution in [0.4, 0.5) is 4.39 Å². The molecule has 1 saturated heterocycles. The molecule has 2 aromatic carbocycles. The van der Waals surface area contributed by atoms with Gasteiger partial charge in [-0.25, -0.2) is 4.39 Å². The van der Waals surface area contributed by atoms with Gasteiger partial charge in [-0.2, -0.15) is 0 Å². The minimum Gasteiger partial charge on any atom is -0.372 e. The Morgan fingerprint density at radius 1 is 1.00 bits per heavy atom. The molecule has 0 spiro atoms. The summed E-state index contributed by atoms with van der Waals surface area (Å²) in [4.78, 5) is 29.9. The third-order valence-electron chi connectivity index (χ3n) is 5.30. The van der Waals surface area contributed by atoms with Crippen LogP contribution < -0.4 is 0 Å². The lowest BCUT2D eigenvalue weighted by Gasteiger charge is -2.37. The average Bonchev–Trinajstić information content (AvgIpc) is 2.94. The van der Waals surface area contributed by atoms with Crippen molar-refractivity contribution in [2.75, 3.05) is 13.1 Å². The number of benzene rings is 2. The number of amides is 2. The molecule has 5 nitrogen and oxygen atoms in total. The summed E-state index contributed by atoms with van der Waals surface area (Å²) in [5.41, 5.74) is 1.82. The second-order valence-electron chi connectivity index (χ2n) is 7.68. The van der Waals surface area contributed by atoms with Gasteiger partial charge in [0, 0.05) is 18.1 Å². The first kappa shape index (κ1) is 20.6. The summed E-state index contributed by atoms with van der Waals surface area (Å²) in [6, 6.07) is 12.8. The maximum atomic E-state index is 13.5. The number of ether oxygens (including phenoxy) is 1. The minimum absolute atomic E-state index is 0.0704. The standard InChI is InChI=1S/C23H22ClFN2O3/c1-14-11-26(12-15(2)30-14)21-20(16-7-9-18(25)10-8-16)22(28)27(23(21)29)13-17-5-3-4-6-19(17)24/h3-10,14-15H,11-13H2,1-2H3. The molecule has 7 heteroatoms. The van der Waals surface area contributed by atoms with Gasteiger partial charge in [-0.1, -0.05) is 41.9 Å². The Morgan fingerprint density at radius 3 is 2.27 bits per heavy atom. The lowest BCUT2D eigenvalue weighted by atomic mass is 10.0. The number of carbonyl (C=O) groups is 2. The molecule has 2 heterocycles. The number of halogens is 2. The van der Waals surface area contributed by atoms with Crippen LogP contribution in [0.3, 0.4) is 0 Å². The van der Waals surface area contributed by atoms with Gasteiger partial charge in [0.15, 0.2) is 0 Å². The molecular formula is C23H22ClFN2O3. The highest BCUT2D eigenvalue weighted by Gasteiger charge is 2.43. The van der Waals surface area contributed by atoms with E-state index in [0.717, 1.165) is 0 Å². The molecule has 156 valence electrons. The molecule has 0 N–H and O–H groups in total. The molecule has 2 amide bonds. The Balaban J connectivity index is 1.76. The third kappa shape index (κ3) is 3.85. The summed E-state index contributed by atoms with van der Waals surface area (Å²) in [6.45, 7) is 4.92. The zero-order chi connectivity index (χ0) is 21.4. The number of hydrogen-bond acceptors (Lipinski definition) is 4. The van der Waals surface area contributed by atoms with Crippen molar-refractivity contribution >= 4 is 29.0 Å². The summed E-state index contributed by atoms with van der Waals surface area (Å²) in [6.07, 6.45) is -0.174. The molecule has 0 aromatic heterocycles. The molecule has 1 fully saturated rings. The van der Waals surface area contributed by atoms with Crippen molar-refractivity contribution in [2.45, 2.75) is 32.6 Å². The Bertz CT molecular complexity index is 1010. The van der Waals surface area contributed by atoms with E-state index in [4.69, 9.17) is 16.3 Å². The summed E-state index contributed by atoms with van der Waals surface area (Å²) < 4.78 is 19.3. The van der Waals surface area contributed by atoms with Gasteiger partial charge in [-0.3, -0.25) is 14.5 Å². The lowest BCUT2D eigenvalue weighted by Crippen LogP contribution is -2.46. The van der Waals surface area contributed by atoms with Crippen molar-refractivity contribution in [2.24, 2.45) is 0 Å². The minimum atomic E-state index is -0.409. The fourth-order valence-corrected chi connectivity index (χ4v) is 4.23. The molecule has 2 aromatic rings. The zero-order valence-electron chi connectivity index (χ0n) is 16.8. The van der Waals surface area contributed by atoms with Crippen LogP contribution in [-0.4, -0.2) is 46.9 Å². The number of nitrogens with zero attached hydrogens (tertiary/aromatic N) is 2. The van der Waals surface area contributed by atoms with Crippen molar-refractivity contribution in [1.82, 2.24) is 9.80 Å². The lowest BCUT2D eigenvalue weighted by molar-refractivity contribution is -0.139. The first-order valence-electron chi connectivity index (χ1n) is 9.85. The monoisotopic (exact) mass is 428 g/mol. The van der Waals surface area contributed by atoms with E-state index in [1.165, 1.54) is 29.2 Å². The molecule has 0 saturated carbocycles. The maximum absolute atomic E-state index is 13.5. The SMILES string of the molecule is CC1CN(C2=C(c3ccc(F)cc3)C(=O)N(Cc3ccccc3Cl)C2=O)CC(C)O1. The van der Waals surface area contributed by atoms with Gasteiger partial charge < -0.3 is 9.64 Å². The van der Waals surface area contributed by atoms with E-state index in [1.807, 2.05) is 24.8 Å². The fraction of sp³-hybridized carbons (Fsp3) is 0.304. The van der Waals surface area contributed by atoms with Crippen LogP contribution in [-0.2, 0) is 20.9 Å². The molecule has 2 aliphatic rings. The molecule has 0 bridgehead atoms. The van der Waals surface area contributed by atoms with E-state index >= 15 is 0 Å². The Morgan fingerprint density at radius 2 is 1.63 bits per heavy atom. The highest BCUT2D eigenvalue weighted by Crippen LogP contribution is 2.34. The van der Waals surface area contributed by atoms with Crippen molar-refractivity contribution < 1.29 is 18.7 Å². The summed E-state index contributed by atoms with van der Waals surface area (Å²) in [5.74, 6) is -1.19. The van der Waals surface area contributed by atoms with Crippen molar-refractivity contribution in [3.8, 4) is 0 Å². The topological polar surface area (TPSA) is 49.9 Å². The van der Waals surface area contributed by atoms with Crippen LogP contribution in [0.25, 0.3) is 5.57 Å². The quantitative estimate of drug-likeness (QED) is 0.694. The normalized spacial score (nSPS) is 22.3. The van der Waals surface area contributed by atoms with Crippen molar-refractivity contribution in [1.29, 1.82) is 0 Å². The Kier molecular flexibility index (Phi) is 5.62. The Labute approximate surface area is 179 Å². The predicted octanol–water partition coefficient (Wildman–Crippen LogP) is 3.87.